The standard InChI is InChI=1S/C16H16ClFO2/c1-10-6-7-11(16(8-10)20-2)15(19)9-12-13(17)4-3-5-14(12)18/h3-8,15,19H,9H2,1-2H3. The number of rotatable bonds is 4. The van der Waals surface area contributed by atoms with E-state index in [0.29, 0.717) is 21.9 Å². The molecule has 0 radical (unpaired) electrons. The van der Waals surface area contributed by atoms with Crippen LogP contribution < -0.4 is 4.74 Å². The van der Waals surface area contributed by atoms with Crippen LogP contribution in [0.4, 0.5) is 4.39 Å². The Morgan fingerprint density at radius 3 is 2.70 bits per heavy atom. The third kappa shape index (κ3) is 3.11. The largest absolute Gasteiger partial charge is 0.496 e. The second-order valence-corrected chi connectivity index (χ2v) is 5.07. The zero-order valence-electron chi connectivity index (χ0n) is 11.4. The smallest absolute Gasteiger partial charge is 0.127 e. The lowest BCUT2D eigenvalue weighted by Crippen LogP contribution is -2.06. The first-order valence-corrected chi connectivity index (χ1v) is 6.66. The van der Waals surface area contributed by atoms with Crippen molar-refractivity contribution in [3.8, 4) is 5.75 Å². The summed E-state index contributed by atoms with van der Waals surface area (Å²) in [6, 6.07) is 9.98. The van der Waals surface area contributed by atoms with Crippen molar-refractivity contribution in [3.63, 3.8) is 0 Å². The first kappa shape index (κ1) is 14.8. The Balaban J connectivity index is 2.31. The van der Waals surface area contributed by atoms with Crippen molar-refractivity contribution in [2.75, 3.05) is 7.11 Å². The lowest BCUT2D eigenvalue weighted by atomic mass is 9.99. The van der Waals surface area contributed by atoms with Gasteiger partial charge in [0, 0.05) is 22.6 Å². The lowest BCUT2D eigenvalue weighted by Gasteiger charge is -2.16. The molecule has 2 aromatic rings. The van der Waals surface area contributed by atoms with Crippen molar-refractivity contribution in [1.29, 1.82) is 0 Å². The summed E-state index contributed by atoms with van der Waals surface area (Å²) in [7, 11) is 1.54. The van der Waals surface area contributed by atoms with Crippen LogP contribution in [-0.4, -0.2) is 12.2 Å². The van der Waals surface area contributed by atoms with E-state index in [1.54, 1.807) is 25.3 Å². The van der Waals surface area contributed by atoms with Crippen LogP contribution in [0.25, 0.3) is 0 Å². The molecule has 1 unspecified atom stereocenters. The summed E-state index contributed by atoms with van der Waals surface area (Å²) < 4.78 is 19.0. The van der Waals surface area contributed by atoms with Crippen LogP contribution in [0.3, 0.4) is 0 Å². The summed E-state index contributed by atoms with van der Waals surface area (Å²) in [5, 5.41) is 10.6. The van der Waals surface area contributed by atoms with E-state index in [4.69, 9.17) is 16.3 Å². The van der Waals surface area contributed by atoms with Gasteiger partial charge >= 0.3 is 0 Å². The molecule has 2 nitrogen and oxygen atoms in total. The molecule has 1 atom stereocenters. The summed E-state index contributed by atoms with van der Waals surface area (Å²) in [5.41, 5.74) is 1.96. The van der Waals surface area contributed by atoms with Crippen LogP contribution in [0.15, 0.2) is 36.4 Å². The molecule has 0 aliphatic carbocycles. The third-order valence-electron chi connectivity index (χ3n) is 3.21. The first-order chi connectivity index (χ1) is 9.52. The highest BCUT2D eigenvalue weighted by Gasteiger charge is 2.17. The Morgan fingerprint density at radius 1 is 1.30 bits per heavy atom. The number of methoxy groups -OCH3 is 1. The van der Waals surface area contributed by atoms with Crippen LogP contribution in [-0.2, 0) is 6.42 Å². The fourth-order valence-corrected chi connectivity index (χ4v) is 2.36. The topological polar surface area (TPSA) is 29.5 Å². The third-order valence-corrected chi connectivity index (χ3v) is 3.56. The zero-order valence-corrected chi connectivity index (χ0v) is 12.1. The van der Waals surface area contributed by atoms with Gasteiger partial charge in [0.2, 0.25) is 0 Å². The molecule has 0 fully saturated rings. The molecule has 0 bridgehead atoms. The van der Waals surface area contributed by atoms with Crippen molar-refractivity contribution < 1.29 is 14.2 Å². The van der Waals surface area contributed by atoms with Crippen molar-refractivity contribution >= 4 is 11.6 Å². The average molecular weight is 295 g/mol. The SMILES string of the molecule is COc1cc(C)ccc1C(O)Cc1c(F)cccc1Cl. The quantitative estimate of drug-likeness (QED) is 0.921. The molecule has 0 aliphatic rings. The van der Waals surface area contributed by atoms with Crippen LogP contribution in [0.5, 0.6) is 5.75 Å². The number of hydrogen-bond acceptors (Lipinski definition) is 2. The summed E-state index contributed by atoms with van der Waals surface area (Å²) in [6.07, 6.45) is -0.773. The van der Waals surface area contributed by atoms with Crippen LogP contribution >= 0.6 is 11.6 Å². The normalized spacial score (nSPS) is 12.2. The van der Waals surface area contributed by atoms with Gasteiger partial charge in [-0.05, 0) is 30.7 Å². The number of aliphatic hydroxyl groups excluding tert-OH is 1. The molecule has 0 aromatic heterocycles. The molecule has 4 heteroatoms. The Kier molecular flexibility index (Phi) is 4.63. The molecule has 0 saturated carbocycles. The van der Waals surface area contributed by atoms with Crippen molar-refractivity contribution in [3.05, 3.63) is 63.9 Å². The molecular formula is C16H16ClFO2. The predicted molar refractivity (Wildman–Crippen MR) is 77.8 cm³/mol. The maximum absolute atomic E-state index is 13.7. The first-order valence-electron chi connectivity index (χ1n) is 6.28. The molecule has 0 amide bonds. The minimum Gasteiger partial charge on any atom is -0.496 e. The summed E-state index contributed by atoms with van der Waals surface area (Å²) in [6.45, 7) is 1.94. The van der Waals surface area contributed by atoms with Gasteiger partial charge in [-0.2, -0.15) is 0 Å². The number of ether oxygens (including phenoxy) is 1. The molecule has 2 rings (SSSR count). The maximum atomic E-state index is 13.7. The van der Waals surface area contributed by atoms with Gasteiger partial charge in [0.15, 0.2) is 0 Å². The summed E-state index contributed by atoms with van der Waals surface area (Å²) in [5.74, 6) is 0.174. The number of aliphatic hydroxyl groups is 1. The Hall–Kier alpha value is -1.58. The minimum absolute atomic E-state index is 0.102. The summed E-state index contributed by atoms with van der Waals surface area (Å²) in [4.78, 5) is 0. The van der Waals surface area contributed by atoms with Gasteiger partial charge in [0.25, 0.3) is 0 Å². The molecular weight excluding hydrogens is 279 g/mol. The van der Waals surface area contributed by atoms with Gasteiger partial charge in [-0.1, -0.05) is 29.8 Å². The molecule has 1 N–H and O–H groups in total. The van der Waals surface area contributed by atoms with E-state index in [1.807, 2.05) is 19.1 Å². The number of halogens is 2. The van der Waals surface area contributed by atoms with Crippen LogP contribution in [0, 0.1) is 12.7 Å². The van der Waals surface area contributed by atoms with Gasteiger partial charge in [-0.15, -0.1) is 0 Å². The second kappa shape index (κ2) is 6.25. The van der Waals surface area contributed by atoms with Crippen LogP contribution in [0.2, 0.25) is 5.02 Å². The van der Waals surface area contributed by atoms with Crippen LogP contribution in [0.1, 0.15) is 22.8 Å². The Morgan fingerprint density at radius 2 is 2.05 bits per heavy atom. The molecule has 2 aromatic carbocycles. The van der Waals surface area contributed by atoms with E-state index in [2.05, 4.69) is 0 Å². The monoisotopic (exact) mass is 294 g/mol. The van der Waals surface area contributed by atoms with Gasteiger partial charge in [0.1, 0.15) is 11.6 Å². The Bertz CT molecular complexity index is 593. The van der Waals surface area contributed by atoms with Crippen molar-refractivity contribution in [1.82, 2.24) is 0 Å². The van der Waals surface area contributed by atoms with E-state index in [0.717, 1.165) is 5.56 Å². The fourth-order valence-electron chi connectivity index (χ4n) is 2.12. The van der Waals surface area contributed by atoms with E-state index in [-0.39, 0.29) is 6.42 Å². The number of aryl methyl sites for hydroxylation is 1. The minimum atomic E-state index is -0.875. The Labute approximate surface area is 122 Å². The molecule has 106 valence electrons. The number of hydrogen-bond donors (Lipinski definition) is 1. The van der Waals surface area contributed by atoms with E-state index < -0.39 is 11.9 Å². The van der Waals surface area contributed by atoms with Gasteiger partial charge in [0.05, 0.1) is 13.2 Å². The molecule has 20 heavy (non-hydrogen) atoms. The molecule has 0 heterocycles. The highest BCUT2D eigenvalue weighted by atomic mass is 35.5. The highest BCUT2D eigenvalue weighted by molar-refractivity contribution is 6.31. The zero-order chi connectivity index (χ0) is 14.7. The average Bonchev–Trinajstić information content (AvgIpc) is 2.42. The van der Waals surface area contributed by atoms with Gasteiger partial charge < -0.3 is 9.84 Å². The van der Waals surface area contributed by atoms with E-state index in [9.17, 15) is 9.50 Å². The van der Waals surface area contributed by atoms with Gasteiger partial charge in [-0.3, -0.25) is 0 Å². The van der Waals surface area contributed by atoms with Crippen molar-refractivity contribution in [2.45, 2.75) is 19.4 Å². The predicted octanol–water partition coefficient (Wildman–Crippen LogP) is 4.07. The lowest BCUT2D eigenvalue weighted by molar-refractivity contribution is 0.172. The maximum Gasteiger partial charge on any atom is 0.127 e. The molecule has 0 aliphatic heterocycles. The molecule has 0 saturated heterocycles. The second-order valence-electron chi connectivity index (χ2n) is 4.67. The van der Waals surface area contributed by atoms with E-state index in [1.165, 1.54) is 6.07 Å². The number of benzene rings is 2. The highest BCUT2D eigenvalue weighted by Crippen LogP contribution is 2.31. The van der Waals surface area contributed by atoms with E-state index >= 15 is 0 Å². The summed E-state index contributed by atoms with van der Waals surface area (Å²) >= 11 is 5.98. The van der Waals surface area contributed by atoms with Gasteiger partial charge in [-0.25, -0.2) is 4.39 Å². The molecule has 0 spiro atoms. The van der Waals surface area contributed by atoms with Crippen molar-refractivity contribution in [2.24, 2.45) is 0 Å². The fraction of sp³-hybridized carbons (Fsp3) is 0.250.